The van der Waals surface area contributed by atoms with Crippen LogP contribution in [0.25, 0.3) is 43.8 Å². The molecule has 11 aromatic carbocycles. The number of anilines is 9. The highest BCUT2D eigenvalue weighted by Gasteiger charge is 2.23. The zero-order valence-corrected chi connectivity index (χ0v) is 36.9. The molecule has 0 heterocycles. The first-order valence-electron chi connectivity index (χ1n) is 22.3. The zero-order chi connectivity index (χ0) is 44.2. The molecule has 0 amide bonds. The van der Waals surface area contributed by atoms with E-state index in [2.05, 4.69) is 263 Å². The van der Waals surface area contributed by atoms with Gasteiger partial charge in [-0.25, -0.2) is 0 Å². The fraction of sp³-hybridized carbons (Fsp3) is 0. The third kappa shape index (κ3) is 8.05. The van der Waals surface area contributed by atoms with Gasteiger partial charge in [-0.15, -0.1) is 0 Å². The van der Waals surface area contributed by atoms with Crippen molar-refractivity contribution in [2.45, 2.75) is 0 Å². The van der Waals surface area contributed by atoms with Crippen molar-refractivity contribution in [2.75, 3.05) is 14.7 Å². The van der Waals surface area contributed by atoms with Crippen molar-refractivity contribution in [1.82, 2.24) is 0 Å². The van der Waals surface area contributed by atoms with Gasteiger partial charge in [0.2, 0.25) is 0 Å². The van der Waals surface area contributed by atoms with E-state index in [-0.39, 0.29) is 0 Å². The fourth-order valence-electron chi connectivity index (χ4n) is 9.16. The normalized spacial score (nSPS) is 11.1. The lowest BCUT2D eigenvalue weighted by Crippen LogP contribution is -2.15. The highest BCUT2D eigenvalue weighted by atomic mass is 35.5. The number of para-hydroxylation sites is 1. The predicted octanol–water partition coefficient (Wildman–Crippen LogP) is 18.4. The molecule has 0 fully saturated rings. The van der Waals surface area contributed by atoms with Gasteiger partial charge in [0.15, 0.2) is 0 Å². The molecule has 314 valence electrons. The number of hydrogen-bond acceptors (Lipinski definition) is 3. The van der Waals surface area contributed by atoms with E-state index in [1.54, 1.807) is 0 Å². The van der Waals surface area contributed by atoms with Crippen LogP contribution in [0.1, 0.15) is 0 Å². The molecule has 0 bridgehead atoms. The van der Waals surface area contributed by atoms with Crippen LogP contribution in [0.2, 0.25) is 5.02 Å². The van der Waals surface area contributed by atoms with Crippen LogP contribution >= 0.6 is 11.6 Å². The standard InChI is InChI=1S/C62H44ClN3/c63-51-26-16-29-54(42-51)64(53-38-36-47(37-39-53)45-18-4-1-5-19-45)57-40-50(46-20-6-2-7-21-46)41-58(44-57)66(62-35-15-25-49-23-11-13-33-60(49)62)56-31-17-30-55(43-56)65(52-27-8-3-9-28-52)61-34-14-24-48-22-10-12-32-59(48)61/h1-44H. The summed E-state index contributed by atoms with van der Waals surface area (Å²) in [6.45, 7) is 0. The summed E-state index contributed by atoms with van der Waals surface area (Å²) in [6, 6.07) is 95.0. The van der Waals surface area contributed by atoms with Gasteiger partial charge in [-0.05, 0) is 124 Å². The van der Waals surface area contributed by atoms with Crippen LogP contribution in [0.4, 0.5) is 51.2 Å². The SMILES string of the molecule is Clc1cccc(N(c2ccc(-c3ccccc3)cc2)c2cc(-c3ccccc3)cc(N(c3cccc(N(c4ccccc4)c4cccc5ccccc45)c3)c3cccc4ccccc34)c2)c1. The monoisotopic (exact) mass is 865 g/mol. The van der Waals surface area contributed by atoms with Crippen LogP contribution in [-0.2, 0) is 0 Å². The first-order valence-corrected chi connectivity index (χ1v) is 22.7. The summed E-state index contributed by atoms with van der Waals surface area (Å²) in [5.41, 5.74) is 13.8. The molecule has 0 aliphatic carbocycles. The first-order chi connectivity index (χ1) is 32.6. The van der Waals surface area contributed by atoms with Gasteiger partial charge in [0, 0.05) is 55.6 Å². The van der Waals surface area contributed by atoms with Gasteiger partial charge < -0.3 is 14.7 Å². The van der Waals surface area contributed by atoms with Gasteiger partial charge in [-0.2, -0.15) is 0 Å². The molecule has 3 nitrogen and oxygen atoms in total. The largest absolute Gasteiger partial charge is 0.310 e. The lowest BCUT2D eigenvalue weighted by atomic mass is 10.0. The molecule has 0 saturated carbocycles. The van der Waals surface area contributed by atoms with Crippen molar-refractivity contribution in [3.63, 3.8) is 0 Å². The molecule has 0 N–H and O–H groups in total. The Kier molecular flexibility index (Phi) is 11.0. The molecule has 0 aliphatic rings. The molecule has 0 unspecified atom stereocenters. The Bertz CT molecular complexity index is 3440. The van der Waals surface area contributed by atoms with Crippen LogP contribution in [0.3, 0.4) is 0 Å². The van der Waals surface area contributed by atoms with Gasteiger partial charge in [-0.3, -0.25) is 0 Å². The van der Waals surface area contributed by atoms with Gasteiger partial charge in [0.1, 0.15) is 0 Å². The van der Waals surface area contributed by atoms with E-state index >= 15 is 0 Å². The van der Waals surface area contributed by atoms with E-state index in [4.69, 9.17) is 11.6 Å². The molecular weight excluding hydrogens is 822 g/mol. The average Bonchev–Trinajstić information content (AvgIpc) is 3.38. The first kappa shape index (κ1) is 40.4. The Labute approximate surface area is 391 Å². The molecule has 0 radical (unpaired) electrons. The maximum atomic E-state index is 6.82. The van der Waals surface area contributed by atoms with Gasteiger partial charge in [0.05, 0.1) is 11.4 Å². The number of fused-ring (bicyclic) bond motifs is 2. The second-order valence-corrected chi connectivity index (χ2v) is 16.8. The molecule has 0 spiro atoms. The lowest BCUT2D eigenvalue weighted by molar-refractivity contribution is 1.24. The zero-order valence-electron chi connectivity index (χ0n) is 36.1. The van der Waals surface area contributed by atoms with Crippen LogP contribution < -0.4 is 14.7 Å². The molecule has 4 heteroatoms. The van der Waals surface area contributed by atoms with E-state index in [1.807, 2.05) is 18.2 Å². The minimum atomic E-state index is 0.668. The fourth-order valence-corrected chi connectivity index (χ4v) is 9.34. The second kappa shape index (κ2) is 18.0. The third-order valence-electron chi connectivity index (χ3n) is 12.2. The molecule has 0 aromatic heterocycles. The molecular formula is C62H44ClN3. The van der Waals surface area contributed by atoms with Crippen molar-refractivity contribution in [2.24, 2.45) is 0 Å². The summed E-state index contributed by atoms with van der Waals surface area (Å²) in [7, 11) is 0. The van der Waals surface area contributed by atoms with Crippen LogP contribution in [0.15, 0.2) is 267 Å². The minimum absolute atomic E-state index is 0.668. The van der Waals surface area contributed by atoms with Crippen LogP contribution in [0.5, 0.6) is 0 Å². The van der Waals surface area contributed by atoms with Crippen molar-refractivity contribution >= 4 is 84.3 Å². The molecule has 66 heavy (non-hydrogen) atoms. The summed E-state index contributed by atoms with van der Waals surface area (Å²) in [6.07, 6.45) is 0. The van der Waals surface area contributed by atoms with E-state index in [0.717, 1.165) is 78.6 Å². The van der Waals surface area contributed by atoms with E-state index < -0.39 is 0 Å². The molecule has 11 rings (SSSR count). The molecule has 0 aliphatic heterocycles. The molecule has 11 aromatic rings. The Balaban J connectivity index is 1.15. The average molecular weight is 867 g/mol. The maximum absolute atomic E-state index is 6.82. The van der Waals surface area contributed by atoms with Crippen molar-refractivity contribution in [3.05, 3.63) is 272 Å². The minimum Gasteiger partial charge on any atom is -0.310 e. The summed E-state index contributed by atoms with van der Waals surface area (Å²) in [5.74, 6) is 0. The second-order valence-electron chi connectivity index (χ2n) is 16.4. The Morgan fingerprint density at radius 1 is 0.227 bits per heavy atom. The van der Waals surface area contributed by atoms with E-state index in [9.17, 15) is 0 Å². The Morgan fingerprint density at radius 2 is 0.606 bits per heavy atom. The number of benzene rings is 11. The van der Waals surface area contributed by atoms with E-state index in [1.165, 1.54) is 16.3 Å². The van der Waals surface area contributed by atoms with Gasteiger partial charge >= 0.3 is 0 Å². The smallest absolute Gasteiger partial charge is 0.0540 e. The number of rotatable bonds is 11. The van der Waals surface area contributed by atoms with Crippen molar-refractivity contribution in [3.8, 4) is 22.3 Å². The van der Waals surface area contributed by atoms with Crippen molar-refractivity contribution < 1.29 is 0 Å². The van der Waals surface area contributed by atoms with Crippen molar-refractivity contribution in [1.29, 1.82) is 0 Å². The lowest BCUT2D eigenvalue weighted by Gasteiger charge is -2.32. The topological polar surface area (TPSA) is 9.72 Å². The quantitative estimate of drug-likeness (QED) is 0.128. The predicted molar refractivity (Wildman–Crippen MR) is 281 cm³/mol. The number of hydrogen-bond donors (Lipinski definition) is 0. The van der Waals surface area contributed by atoms with Gasteiger partial charge in [-0.1, -0.05) is 188 Å². The van der Waals surface area contributed by atoms with Crippen LogP contribution in [-0.4, -0.2) is 0 Å². The molecule has 0 saturated heterocycles. The summed E-state index contributed by atoms with van der Waals surface area (Å²) in [4.78, 5) is 7.10. The highest BCUT2D eigenvalue weighted by molar-refractivity contribution is 6.30. The third-order valence-corrected chi connectivity index (χ3v) is 12.4. The van der Waals surface area contributed by atoms with Crippen LogP contribution in [0, 0.1) is 0 Å². The summed E-state index contributed by atoms with van der Waals surface area (Å²) in [5, 5.41) is 5.35. The Morgan fingerprint density at radius 3 is 1.18 bits per heavy atom. The number of halogens is 1. The summed E-state index contributed by atoms with van der Waals surface area (Å²) >= 11 is 6.82. The highest BCUT2D eigenvalue weighted by Crippen LogP contribution is 2.47. The maximum Gasteiger partial charge on any atom is 0.0540 e. The molecule has 0 atom stereocenters. The van der Waals surface area contributed by atoms with Gasteiger partial charge in [0.25, 0.3) is 0 Å². The Hall–Kier alpha value is -8.37. The van der Waals surface area contributed by atoms with E-state index in [0.29, 0.717) is 5.02 Å². The number of nitrogens with zero attached hydrogens (tertiary/aromatic N) is 3. The summed E-state index contributed by atoms with van der Waals surface area (Å²) < 4.78 is 0.